The molecule has 4 aromatic carbocycles. The Morgan fingerprint density at radius 2 is 1.70 bits per heavy atom. The minimum atomic E-state index is -2.52. The fourth-order valence-electron chi connectivity index (χ4n) is 8.28. The number of carbonyl (C=O) groups is 3. The Morgan fingerprint density at radius 3 is 2.33 bits per heavy atom. The minimum Gasteiger partial charge on any atom is -0.497 e. The first-order valence-corrected chi connectivity index (χ1v) is 22.1. The number of halogens is 1. The molecule has 12 heteroatoms. The quantitative estimate of drug-likeness (QED) is 0.143. The second kappa shape index (κ2) is 16.2. The van der Waals surface area contributed by atoms with Gasteiger partial charge in [0.05, 0.1) is 46.5 Å². The zero-order valence-electron chi connectivity index (χ0n) is 31.3. The second-order valence-corrected chi connectivity index (χ2v) is 20.4. The van der Waals surface area contributed by atoms with Crippen molar-refractivity contribution in [3.05, 3.63) is 118 Å². The molecule has 0 saturated carbocycles. The third-order valence-electron chi connectivity index (χ3n) is 11.1. The summed E-state index contributed by atoms with van der Waals surface area (Å²) < 4.78 is 13.5. The number of aliphatic hydroxyl groups is 2. The molecule has 2 aliphatic heterocycles. The predicted molar refractivity (Wildman–Crippen MR) is 215 cm³/mol. The van der Waals surface area contributed by atoms with Crippen molar-refractivity contribution in [3.63, 3.8) is 0 Å². The molecular formula is C42H48BrN3O7Si. The first kappa shape index (κ1) is 39.4. The zero-order chi connectivity index (χ0) is 38.8. The number of nitrogens with one attached hydrogen (secondary N) is 1. The molecule has 1 spiro atoms. The molecule has 1 saturated heterocycles. The molecule has 0 unspecified atom stereocenters. The molecule has 0 aromatic heterocycles. The van der Waals surface area contributed by atoms with Crippen molar-refractivity contribution in [2.75, 3.05) is 30.5 Å². The average molecular weight is 815 g/mol. The van der Waals surface area contributed by atoms with E-state index in [0.717, 1.165) is 37.8 Å². The molecule has 54 heavy (non-hydrogen) atoms. The van der Waals surface area contributed by atoms with Gasteiger partial charge in [-0.2, -0.15) is 0 Å². The Bertz CT molecular complexity index is 1980. The molecule has 0 bridgehead atoms. The Hall–Kier alpha value is -4.33. The molecule has 0 aliphatic carbocycles. The number of hydrogen-bond acceptors (Lipinski definition) is 7. The van der Waals surface area contributed by atoms with Crippen LogP contribution in [0.5, 0.6) is 5.75 Å². The molecule has 3 N–H and O–H groups in total. The third kappa shape index (κ3) is 7.63. The van der Waals surface area contributed by atoms with Crippen LogP contribution in [0.4, 0.5) is 11.4 Å². The fraction of sp³-hybridized carbons (Fsp3) is 0.357. The molecule has 2 heterocycles. The van der Waals surface area contributed by atoms with Gasteiger partial charge < -0.3 is 34.8 Å². The number of hydrogen-bond donors (Lipinski definition) is 3. The number of aliphatic hydroxyl groups excluding tert-OH is 2. The first-order valence-electron chi connectivity index (χ1n) is 18.2. The van der Waals surface area contributed by atoms with Crippen LogP contribution in [0.2, 0.25) is 18.6 Å². The number of rotatable bonds is 13. The molecule has 2 aliphatic rings. The van der Waals surface area contributed by atoms with Gasteiger partial charge in [-0.1, -0.05) is 95.7 Å². The van der Waals surface area contributed by atoms with Crippen LogP contribution in [-0.2, 0) is 37.8 Å². The lowest BCUT2D eigenvalue weighted by Gasteiger charge is -2.37. The van der Waals surface area contributed by atoms with Crippen LogP contribution in [0, 0.1) is 5.92 Å². The van der Waals surface area contributed by atoms with Crippen LogP contribution in [0.1, 0.15) is 37.0 Å². The van der Waals surface area contributed by atoms with E-state index in [-0.39, 0.29) is 49.4 Å². The summed E-state index contributed by atoms with van der Waals surface area (Å²) in [6.07, 6.45) is -1.69. The lowest BCUT2D eigenvalue weighted by Crippen LogP contribution is -2.52. The number of nitrogens with zero attached hydrogens (tertiary/aromatic N) is 2. The van der Waals surface area contributed by atoms with Crippen molar-refractivity contribution in [2.45, 2.75) is 69.8 Å². The largest absolute Gasteiger partial charge is 0.497 e. The normalized spacial score (nSPS) is 21.2. The van der Waals surface area contributed by atoms with Crippen molar-refractivity contribution >= 4 is 58.3 Å². The summed E-state index contributed by atoms with van der Waals surface area (Å²) in [6, 6.07) is 30.8. The summed E-state index contributed by atoms with van der Waals surface area (Å²) in [7, 11) is -0.881. The van der Waals surface area contributed by atoms with Crippen molar-refractivity contribution in [1.82, 2.24) is 4.90 Å². The van der Waals surface area contributed by atoms with E-state index in [0.29, 0.717) is 12.2 Å². The van der Waals surface area contributed by atoms with Crippen molar-refractivity contribution < 1.29 is 34.1 Å². The van der Waals surface area contributed by atoms with Crippen LogP contribution in [0.25, 0.3) is 0 Å². The molecule has 3 amide bonds. The SMILES string of the molecule is COc1ccc([Si](C)(C)[C@@H]2[C@@H](CC(=O)N(CCO)Cc3ccccc3)O[C@]3(C(=O)N(Cc4ccc(NC(=O)[C@H](C)O)cc4)c4ccc(Br)cc43)[C@H]2C)cc1. The van der Waals surface area contributed by atoms with E-state index in [1.54, 1.807) is 29.0 Å². The van der Waals surface area contributed by atoms with E-state index in [2.05, 4.69) is 53.4 Å². The maximum Gasteiger partial charge on any atom is 0.264 e. The number of fused-ring (bicyclic) bond motifs is 2. The van der Waals surface area contributed by atoms with Crippen molar-refractivity contribution in [2.24, 2.45) is 5.92 Å². The maximum absolute atomic E-state index is 15.2. The number of carbonyl (C=O) groups excluding carboxylic acids is 3. The van der Waals surface area contributed by atoms with E-state index >= 15 is 4.79 Å². The molecule has 10 nitrogen and oxygen atoms in total. The summed E-state index contributed by atoms with van der Waals surface area (Å²) in [6.45, 7) is 8.66. The lowest BCUT2D eigenvalue weighted by atomic mass is 9.82. The Labute approximate surface area is 326 Å². The third-order valence-corrected chi connectivity index (χ3v) is 15.9. The van der Waals surface area contributed by atoms with E-state index < -0.39 is 31.8 Å². The topological polar surface area (TPSA) is 129 Å². The predicted octanol–water partition coefficient (Wildman–Crippen LogP) is 5.95. The van der Waals surface area contributed by atoms with Gasteiger partial charge in [0.2, 0.25) is 5.91 Å². The number of anilines is 2. The Morgan fingerprint density at radius 1 is 1.02 bits per heavy atom. The highest BCUT2D eigenvalue weighted by molar-refractivity contribution is 9.10. The number of ether oxygens (including phenoxy) is 2. The zero-order valence-corrected chi connectivity index (χ0v) is 33.9. The van der Waals surface area contributed by atoms with Crippen LogP contribution < -0.4 is 20.1 Å². The number of benzene rings is 4. The van der Waals surface area contributed by atoms with Gasteiger partial charge in [0, 0.05) is 34.7 Å². The standard InChI is InChI=1S/C42H48BrN3O7Si/c1-27-39(54(4,5)34-18-16-33(52-3)17-19-34)37(24-38(49)45(21-22-47)25-29-9-7-6-8-10-29)53-42(27)35-23-31(43)13-20-36(35)46(41(42)51)26-30-11-14-32(15-12-30)44-40(50)28(2)48/h6-20,23,27-28,37,39,47-48H,21-22,24-26H2,1-5H3,(H,44,50)/t27-,28-,37+,39-,42+/m0/s1. The Balaban J connectivity index is 1.38. The highest BCUT2D eigenvalue weighted by atomic mass is 79.9. The minimum absolute atomic E-state index is 0.0480. The van der Waals surface area contributed by atoms with Gasteiger partial charge in [0.25, 0.3) is 11.8 Å². The molecule has 1 fully saturated rings. The van der Waals surface area contributed by atoms with Gasteiger partial charge >= 0.3 is 0 Å². The van der Waals surface area contributed by atoms with Crippen LogP contribution in [0.3, 0.4) is 0 Å². The summed E-state index contributed by atoms with van der Waals surface area (Å²) in [4.78, 5) is 45.0. The van der Waals surface area contributed by atoms with E-state index in [4.69, 9.17) is 9.47 Å². The van der Waals surface area contributed by atoms with E-state index in [1.165, 1.54) is 6.92 Å². The summed E-state index contributed by atoms with van der Waals surface area (Å²) in [5.74, 6) is -0.406. The highest BCUT2D eigenvalue weighted by Gasteiger charge is 2.66. The van der Waals surface area contributed by atoms with Gasteiger partial charge in [-0.05, 0) is 66.1 Å². The van der Waals surface area contributed by atoms with Gasteiger partial charge in [0.15, 0.2) is 5.60 Å². The molecule has 6 rings (SSSR count). The maximum atomic E-state index is 15.2. The summed E-state index contributed by atoms with van der Waals surface area (Å²) in [5, 5.41) is 23.5. The van der Waals surface area contributed by atoms with Crippen molar-refractivity contribution in [3.8, 4) is 5.75 Å². The summed E-state index contributed by atoms with van der Waals surface area (Å²) >= 11 is 3.66. The molecule has 0 radical (unpaired) electrons. The van der Waals surface area contributed by atoms with Crippen LogP contribution in [0.15, 0.2) is 102 Å². The van der Waals surface area contributed by atoms with Gasteiger partial charge in [-0.15, -0.1) is 0 Å². The highest BCUT2D eigenvalue weighted by Crippen LogP contribution is 2.60. The summed E-state index contributed by atoms with van der Waals surface area (Å²) in [5.41, 5.74) is 2.31. The van der Waals surface area contributed by atoms with Gasteiger partial charge in [-0.25, -0.2) is 0 Å². The molecule has 284 valence electrons. The molecule has 4 aromatic rings. The monoisotopic (exact) mass is 813 g/mol. The van der Waals surface area contributed by atoms with Gasteiger partial charge in [-0.3, -0.25) is 14.4 Å². The van der Waals surface area contributed by atoms with Gasteiger partial charge in [0.1, 0.15) is 11.9 Å². The average Bonchev–Trinajstić information content (AvgIpc) is 3.58. The number of amides is 3. The van der Waals surface area contributed by atoms with Crippen LogP contribution in [-0.4, -0.2) is 73.4 Å². The van der Waals surface area contributed by atoms with E-state index in [1.807, 2.05) is 72.8 Å². The fourth-order valence-corrected chi connectivity index (χ4v) is 12.7. The molecular weight excluding hydrogens is 766 g/mol. The second-order valence-electron chi connectivity index (χ2n) is 14.8. The number of methoxy groups -OCH3 is 1. The molecule has 5 atom stereocenters. The van der Waals surface area contributed by atoms with Crippen molar-refractivity contribution in [1.29, 1.82) is 0 Å². The van der Waals surface area contributed by atoms with E-state index in [9.17, 15) is 19.8 Å². The Kier molecular flexibility index (Phi) is 11.8. The first-order chi connectivity index (χ1) is 25.8. The van der Waals surface area contributed by atoms with Crippen LogP contribution >= 0.6 is 15.9 Å². The smallest absolute Gasteiger partial charge is 0.264 e. The lowest BCUT2D eigenvalue weighted by molar-refractivity contribution is -0.150.